The number of likely N-dealkylation sites (N-methyl/N-ethyl adjacent to an activating group) is 1. The minimum absolute atomic E-state index is 0. The molecule has 4 heteroatoms. The zero-order valence-corrected chi connectivity index (χ0v) is 12.0. The van der Waals surface area contributed by atoms with Crippen LogP contribution in [0.1, 0.15) is 35.7 Å². The van der Waals surface area contributed by atoms with Crippen LogP contribution in [0.3, 0.4) is 0 Å². The number of carbonyl (C=O) groups excluding carboxylic acids is 1. The van der Waals surface area contributed by atoms with E-state index in [1.807, 2.05) is 36.2 Å². The van der Waals surface area contributed by atoms with Gasteiger partial charge in [0.2, 0.25) is 0 Å². The summed E-state index contributed by atoms with van der Waals surface area (Å²) in [6, 6.07) is 8.31. The second-order valence-corrected chi connectivity index (χ2v) is 5.00. The Kier molecular flexibility index (Phi) is 5.17. The van der Waals surface area contributed by atoms with E-state index in [1.54, 1.807) is 0 Å². The SMILES string of the molecule is CC(C)c1ccc(C(=O)N(C)C2CNC2)cc1.Cl. The molecule has 0 atom stereocenters. The highest BCUT2D eigenvalue weighted by atomic mass is 35.5. The second-order valence-electron chi connectivity index (χ2n) is 5.00. The fourth-order valence-corrected chi connectivity index (χ4v) is 1.93. The Hall–Kier alpha value is -1.06. The summed E-state index contributed by atoms with van der Waals surface area (Å²) in [4.78, 5) is 14.0. The van der Waals surface area contributed by atoms with Crippen LogP contribution in [-0.2, 0) is 0 Å². The first-order chi connectivity index (χ1) is 8.09. The van der Waals surface area contributed by atoms with Gasteiger partial charge in [0.15, 0.2) is 0 Å². The van der Waals surface area contributed by atoms with Crippen LogP contribution in [0.25, 0.3) is 0 Å². The summed E-state index contributed by atoms with van der Waals surface area (Å²) in [5.41, 5.74) is 2.05. The van der Waals surface area contributed by atoms with Crippen LogP contribution in [-0.4, -0.2) is 37.0 Å². The fourth-order valence-electron chi connectivity index (χ4n) is 1.93. The number of nitrogens with zero attached hydrogens (tertiary/aromatic N) is 1. The van der Waals surface area contributed by atoms with E-state index in [0.717, 1.165) is 18.7 Å². The van der Waals surface area contributed by atoms with Gasteiger partial charge in [-0.3, -0.25) is 4.79 Å². The molecular formula is C14H21ClN2O. The normalized spacial score (nSPS) is 14.9. The standard InChI is InChI=1S/C14H20N2O.ClH/c1-10(2)11-4-6-12(7-5-11)14(17)16(3)13-8-15-9-13;/h4-7,10,13,15H,8-9H2,1-3H3;1H. The molecule has 0 saturated carbocycles. The van der Waals surface area contributed by atoms with Crippen LogP contribution in [0, 0.1) is 0 Å². The molecule has 1 amide bonds. The molecular weight excluding hydrogens is 248 g/mol. The number of rotatable bonds is 3. The van der Waals surface area contributed by atoms with E-state index in [4.69, 9.17) is 0 Å². The first-order valence-electron chi connectivity index (χ1n) is 6.17. The first-order valence-corrected chi connectivity index (χ1v) is 6.17. The van der Waals surface area contributed by atoms with Crippen molar-refractivity contribution in [3.05, 3.63) is 35.4 Å². The lowest BCUT2D eigenvalue weighted by Gasteiger charge is -2.35. The summed E-state index contributed by atoms with van der Waals surface area (Å²) >= 11 is 0. The molecule has 1 aliphatic heterocycles. The molecule has 3 nitrogen and oxygen atoms in total. The van der Waals surface area contributed by atoms with Crippen LogP contribution in [0.2, 0.25) is 0 Å². The van der Waals surface area contributed by atoms with E-state index < -0.39 is 0 Å². The molecule has 1 aromatic carbocycles. The summed E-state index contributed by atoms with van der Waals surface area (Å²) in [6.07, 6.45) is 0. The lowest BCUT2D eigenvalue weighted by Crippen LogP contribution is -2.57. The third-order valence-electron chi connectivity index (χ3n) is 3.45. The molecule has 1 heterocycles. The molecule has 1 fully saturated rings. The highest BCUT2D eigenvalue weighted by Gasteiger charge is 2.25. The van der Waals surface area contributed by atoms with Crippen LogP contribution >= 0.6 is 12.4 Å². The van der Waals surface area contributed by atoms with Crippen molar-refractivity contribution >= 4 is 18.3 Å². The van der Waals surface area contributed by atoms with Gasteiger partial charge in [-0.05, 0) is 23.6 Å². The molecule has 0 aromatic heterocycles. The third kappa shape index (κ3) is 3.03. The predicted molar refractivity (Wildman–Crippen MR) is 76.5 cm³/mol. The number of nitrogens with one attached hydrogen (secondary N) is 1. The summed E-state index contributed by atoms with van der Waals surface area (Å²) in [6.45, 7) is 6.13. The molecule has 0 radical (unpaired) electrons. The fraction of sp³-hybridized carbons (Fsp3) is 0.500. The largest absolute Gasteiger partial charge is 0.336 e. The molecule has 0 spiro atoms. The Morgan fingerprint density at radius 2 is 1.83 bits per heavy atom. The number of amides is 1. The third-order valence-corrected chi connectivity index (χ3v) is 3.45. The van der Waals surface area contributed by atoms with E-state index in [9.17, 15) is 4.79 Å². The maximum absolute atomic E-state index is 12.2. The Bertz CT molecular complexity index is 399. The summed E-state index contributed by atoms with van der Waals surface area (Å²) in [7, 11) is 1.88. The molecule has 1 aromatic rings. The number of hydrogen-bond donors (Lipinski definition) is 1. The molecule has 0 unspecified atom stereocenters. The molecule has 0 aliphatic carbocycles. The van der Waals surface area contributed by atoms with E-state index in [2.05, 4.69) is 19.2 Å². The van der Waals surface area contributed by atoms with Gasteiger partial charge in [0.25, 0.3) is 5.91 Å². The maximum atomic E-state index is 12.2. The van der Waals surface area contributed by atoms with Gasteiger partial charge in [0.05, 0.1) is 6.04 Å². The first kappa shape index (κ1) is 15.0. The van der Waals surface area contributed by atoms with Crippen molar-refractivity contribution in [2.24, 2.45) is 0 Å². The average Bonchev–Trinajstić information content (AvgIpc) is 2.25. The molecule has 1 aliphatic rings. The van der Waals surface area contributed by atoms with Crippen molar-refractivity contribution < 1.29 is 4.79 Å². The molecule has 18 heavy (non-hydrogen) atoms. The lowest BCUT2D eigenvalue weighted by molar-refractivity contribution is 0.0681. The van der Waals surface area contributed by atoms with Crippen molar-refractivity contribution in [3.8, 4) is 0 Å². The quantitative estimate of drug-likeness (QED) is 0.912. The zero-order valence-electron chi connectivity index (χ0n) is 11.1. The van der Waals surface area contributed by atoms with Crippen LogP contribution in [0.5, 0.6) is 0 Å². The number of benzene rings is 1. The molecule has 0 bridgehead atoms. The molecule has 100 valence electrons. The van der Waals surface area contributed by atoms with Crippen molar-refractivity contribution in [1.82, 2.24) is 10.2 Å². The monoisotopic (exact) mass is 268 g/mol. The smallest absolute Gasteiger partial charge is 0.253 e. The maximum Gasteiger partial charge on any atom is 0.253 e. The number of carbonyl (C=O) groups is 1. The second kappa shape index (κ2) is 6.21. The van der Waals surface area contributed by atoms with Crippen molar-refractivity contribution in [3.63, 3.8) is 0 Å². The lowest BCUT2D eigenvalue weighted by atomic mass is 10.0. The van der Waals surface area contributed by atoms with Crippen molar-refractivity contribution in [1.29, 1.82) is 0 Å². The Morgan fingerprint density at radius 3 is 2.22 bits per heavy atom. The zero-order chi connectivity index (χ0) is 12.4. The Balaban J connectivity index is 0.00000162. The van der Waals surface area contributed by atoms with E-state index in [0.29, 0.717) is 12.0 Å². The minimum Gasteiger partial charge on any atom is -0.336 e. The topological polar surface area (TPSA) is 32.3 Å². The van der Waals surface area contributed by atoms with E-state index in [1.165, 1.54) is 5.56 Å². The Morgan fingerprint density at radius 1 is 1.28 bits per heavy atom. The minimum atomic E-state index is 0. The van der Waals surface area contributed by atoms with Gasteiger partial charge < -0.3 is 10.2 Å². The van der Waals surface area contributed by atoms with Gasteiger partial charge in [-0.1, -0.05) is 26.0 Å². The van der Waals surface area contributed by atoms with Crippen LogP contribution in [0.4, 0.5) is 0 Å². The average molecular weight is 269 g/mol. The summed E-state index contributed by atoms with van der Waals surface area (Å²) in [5, 5.41) is 3.18. The van der Waals surface area contributed by atoms with Gasteiger partial charge in [-0.25, -0.2) is 0 Å². The van der Waals surface area contributed by atoms with Gasteiger partial charge in [0, 0.05) is 25.7 Å². The summed E-state index contributed by atoms with van der Waals surface area (Å²) in [5.74, 6) is 0.625. The highest BCUT2D eigenvalue weighted by molar-refractivity contribution is 5.94. The van der Waals surface area contributed by atoms with Gasteiger partial charge >= 0.3 is 0 Å². The van der Waals surface area contributed by atoms with E-state index >= 15 is 0 Å². The number of halogens is 1. The van der Waals surface area contributed by atoms with Crippen LogP contribution < -0.4 is 5.32 Å². The predicted octanol–water partition coefficient (Wildman–Crippen LogP) is 2.28. The highest BCUT2D eigenvalue weighted by Crippen LogP contribution is 2.16. The van der Waals surface area contributed by atoms with Gasteiger partial charge in [-0.2, -0.15) is 0 Å². The van der Waals surface area contributed by atoms with Gasteiger partial charge in [-0.15, -0.1) is 12.4 Å². The molecule has 1 saturated heterocycles. The molecule has 1 N–H and O–H groups in total. The van der Waals surface area contributed by atoms with E-state index in [-0.39, 0.29) is 18.3 Å². The van der Waals surface area contributed by atoms with Crippen molar-refractivity contribution in [2.75, 3.05) is 20.1 Å². The Labute approximate surface area is 115 Å². The van der Waals surface area contributed by atoms with Crippen molar-refractivity contribution in [2.45, 2.75) is 25.8 Å². The summed E-state index contributed by atoms with van der Waals surface area (Å²) < 4.78 is 0. The van der Waals surface area contributed by atoms with Crippen LogP contribution in [0.15, 0.2) is 24.3 Å². The number of hydrogen-bond acceptors (Lipinski definition) is 2. The van der Waals surface area contributed by atoms with Gasteiger partial charge in [0.1, 0.15) is 0 Å². The molecule has 2 rings (SSSR count).